The van der Waals surface area contributed by atoms with Gasteiger partial charge in [0.25, 0.3) is 11.8 Å². The summed E-state index contributed by atoms with van der Waals surface area (Å²) in [4.78, 5) is 24.9. The summed E-state index contributed by atoms with van der Waals surface area (Å²) in [5.41, 5.74) is 3.36. The lowest BCUT2D eigenvalue weighted by atomic mass is 10.1. The van der Waals surface area contributed by atoms with Gasteiger partial charge in [0.2, 0.25) is 0 Å². The van der Waals surface area contributed by atoms with Crippen LogP contribution in [0.25, 0.3) is 0 Å². The molecule has 0 aromatic heterocycles. The van der Waals surface area contributed by atoms with E-state index in [-0.39, 0.29) is 16.9 Å². The molecule has 2 amide bonds. The molecule has 3 N–H and O–H groups in total. The lowest BCUT2D eigenvalue weighted by molar-refractivity contribution is 0.0976. The second-order valence-electron chi connectivity index (χ2n) is 7.98. The van der Waals surface area contributed by atoms with Crippen molar-refractivity contribution in [3.05, 3.63) is 89.5 Å². The predicted molar refractivity (Wildman–Crippen MR) is 136 cm³/mol. The molecule has 0 atom stereocenters. The zero-order valence-corrected chi connectivity index (χ0v) is 19.7. The molecule has 0 aliphatic rings. The first kappa shape index (κ1) is 23.9. The smallest absolute Gasteiger partial charge is 0.257 e. The van der Waals surface area contributed by atoms with Crippen molar-refractivity contribution < 1.29 is 14.3 Å². The van der Waals surface area contributed by atoms with Gasteiger partial charge in [0.1, 0.15) is 5.75 Å². The van der Waals surface area contributed by atoms with Crippen molar-refractivity contribution in [1.29, 1.82) is 0 Å². The van der Waals surface area contributed by atoms with Gasteiger partial charge < -0.3 is 15.4 Å². The number of nitrogens with one attached hydrogen (secondary N) is 3. The number of carbonyl (C=O) groups is 2. The monoisotopic (exact) mass is 461 g/mol. The molecule has 170 valence electrons. The van der Waals surface area contributed by atoms with Crippen LogP contribution in [-0.4, -0.2) is 23.5 Å². The molecule has 6 nitrogen and oxygen atoms in total. The maximum atomic E-state index is 12.4. The molecule has 33 heavy (non-hydrogen) atoms. The molecule has 0 aliphatic heterocycles. The Morgan fingerprint density at radius 1 is 0.848 bits per heavy atom. The number of anilines is 2. The summed E-state index contributed by atoms with van der Waals surface area (Å²) in [5, 5.41) is 8.68. The van der Waals surface area contributed by atoms with E-state index in [0.717, 1.165) is 11.3 Å². The lowest BCUT2D eigenvalue weighted by Gasteiger charge is -2.12. The van der Waals surface area contributed by atoms with Gasteiger partial charge in [-0.05, 0) is 85.2 Å². The van der Waals surface area contributed by atoms with E-state index < -0.39 is 0 Å². The first-order chi connectivity index (χ1) is 15.8. The van der Waals surface area contributed by atoms with Crippen LogP contribution in [-0.2, 0) is 0 Å². The molecule has 0 aliphatic carbocycles. The van der Waals surface area contributed by atoms with Crippen molar-refractivity contribution in [2.24, 2.45) is 5.92 Å². The van der Waals surface area contributed by atoms with E-state index >= 15 is 0 Å². The molecule has 0 saturated heterocycles. The first-order valence-electron chi connectivity index (χ1n) is 10.6. The molecular weight excluding hydrogens is 434 g/mol. The lowest BCUT2D eigenvalue weighted by Crippen LogP contribution is -2.34. The van der Waals surface area contributed by atoms with E-state index in [4.69, 9.17) is 17.0 Å². The molecule has 0 bridgehead atoms. The number of hydrogen-bond acceptors (Lipinski definition) is 4. The normalized spacial score (nSPS) is 10.4. The van der Waals surface area contributed by atoms with Crippen molar-refractivity contribution in [2.75, 3.05) is 17.2 Å². The molecule has 0 radical (unpaired) electrons. The van der Waals surface area contributed by atoms with Crippen molar-refractivity contribution in [3.8, 4) is 5.75 Å². The fourth-order valence-corrected chi connectivity index (χ4v) is 3.18. The number of amides is 2. The van der Waals surface area contributed by atoms with Crippen LogP contribution in [0.5, 0.6) is 5.75 Å². The van der Waals surface area contributed by atoms with Crippen molar-refractivity contribution in [1.82, 2.24) is 5.32 Å². The fourth-order valence-electron chi connectivity index (χ4n) is 2.97. The van der Waals surface area contributed by atoms with Crippen LogP contribution >= 0.6 is 12.2 Å². The average molecular weight is 462 g/mol. The Balaban J connectivity index is 1.51. The quantitative estimate of drug-likeness (QED) is 0.410. The summed E-state index contributed by atoms with van der Waals surface area (Å²) < 4.78 is 5.63. The van der Waals surface area contributed by atoms with Gasteiger partial charge in [-0.1, -0.05) is 32.0 Å². The molecule has 0 heterocycles. The highest BCUT2D eigenvalue weighted by atomic mass is 32.1. The summed E-state index contributed by atoms with van der Waals surface area (Å²) in [6.45, 7) is 6.66. The molecule has 0 unspecified atom stereocenters. The van der Waals surface area contributed by atoms with Crippen molar-refractivity contribution in [3.63, 3.8) is 0 Å². The van der Waals surface area contributed by atoms with E-state index in [0.29, 0.717) is 35.0 Å². The van der Waals surface area contributed by atoms with Crippen molar-refractivity contribution in [2.45, 2.75) is 20.8 Å². The number of ether oxygens (including phenoxy) is 1. The molecule has 3 rings (SSSR count). The maximum Gasteiger partial charge on any atom is 0.257 e. The Bertz CT molecular complexity index is 1130. The number of thiocarbonyl (C=S) groups is 1. The minimum absolute atomic E-state index is 0.169. The van der Waals surface area contributed by atoms with E-state index in [1.165, 1.54) is 0 Å². The number of carbonyl (C=O) groups excluding carboxylic acids is 2. The van der Waals surface area contributed by atoms with Gasteiger partial charge in [0.15, 0.2) is 5.11 Å². The molecule has 0 spiro atoms. The van der Waals surface area contributed by atoms with Gasteiger partial charge in [-0.2, -0.15) is 0 Å². The minimum atomic E-state index is -0.315. The summed E-state index contributed by atoms with van der Waals surface area (Å²) in [6.07, 6.45) is 0. The SMILES string of the molecule is Cc1ccccc1C(=O)Nc1ccc(NC(=S)NC(=O)c2ccc(OCC(C)C)cc2)cc1. The van der Waals surface area contributed by atoms with Gasteiger partial charge in [0.05, 0.1) is 6.61 Å². The van der Waals surface area contributed by atoms with Crippen LogP contribution in [0.1, 0.15) is 40.1 Å². The number of aryl methyl sites for hydroxylation is 1. The average Bonchev–Trinajstić information content (AvgIpc) is 2.79. The third-order valence-corrected chi connectivity index (χ3v) is 4.92. The van der Waals surface area contributed by atoms with Gasteiger partial charge in [-0.15, -0.1) is 0 Å². The van der Waals surface area contributed by atoms with Crippen LogP contribution in [0.4, 0.5) is 11.4 Å². The Morgan fingerprint density at radius 3 is 2.06 bits per heavy atom. The highest BCUT2D eigenvalue weighted by Crippen LogP contribution is 2.16. The van der Waals surface area contributed by atoms with Crippen LogP contribution in [0.3, 0.4) is 0 Å². The zero-order valence-electron chi connectivity index (χ0n) is 18.8. The Hall–Kier alpha value is -3.71. The van der Waals surface area contributed by atoms with E-state index in [2.05, 4.69) is 29.8 Å². The molecule has 3 aromatic rings. The van der Waals surface area contributed by atoms with Gasteiger partial charge in [0, 0.05) is 22.5 Å². The topological polar surface area (TPSA) is 79.5 Å². The van der Waals surface area contributed by atoms with Crippen LogP contribution < -0.4 is 20.7 Å². The van der Waals surface area contributed by atoms with Crippen molar-refractivity contribution >= 4 is 40.5 Å². The zero-order chi connectivity index (χ0) is 23.8. The molecular formula is C26H27N3O3S. The van der Waals surface area contributed by atoms with E-state index in [1.54, 1.807) is 54.6 Å². The molecule has 0 saturated carbocycles. The maximum absolute atomic E-state index is 12.4. The second-order valence-corrected chi connectivity index (χ2v) is 8.39. The Morgan fingerprint density at radius 2 is 1.45 bits per heavy atom. The van der Waals surface area contributed by atoms with Crippen LogP contribution in [0.2, 0.25) is 0 Å². The predicted octanol–water partition coefficient (Wildman–Crippen LogP) is 5.41. The molecule has 3 aromatic carbocycles. The summed E-state index contributed by atoms with van der Waals surface area (Å²) >= 11 is 5.25. The first-order valence-corrected chi connectivity index (χ1v) is 11.0. The third kappa shape index (κ3) is 7.15. The third-order valence-electron chi connectivity index (χ3n) is 4.72. The Labute approximate surface area is 199 Å². The molecule has 0 fully saturated rings. The van der Waals surface area contributed by atoms with E-state index in [1.807, 2.05) is 25.1 Å². The largest absolute Gasteiger partial charge is 0.493 e. The summed E-state index contributed by atoms with van der Waals surface area (Å²) in [5.74, 6) is 0.660. The van der Waals surface area contributed by atoms with Crippen LogP contribution in [0, 0.1) is 12.8 Å². The van der Waals surface area contributed by atoms with E-state index in [9.17, 15) is 9.59 Å². The Kier molecular flexibility index (Phi) is 8.16. The van der Waals surface area contributed by atoms with Gasteiger partial charge >= 0.3 is 0 Å². The van der Waals surface area contributed by atoms with Crippen LogP contribution in [0.15, 0.2) is 72.8 Å². The number of hydrogen-bond donors (Lipinski definition) is 3. The number of benzene rings is 3. The summed E-state index contributed by atoms with van der Waals surface area (Å²) in [7, 11) is 0. The highest BCUT2D eigenvalue weighted by molar-refractivity contribution is 7.80. The second kappa shape index (κ2) is 11.2. The molecule has 7 heteroatoms. The number of rotatable bonds is 7. The van der Waals surface area contributed by atoms with Gasteiger partial charge in [-0.25, -0.2) is 0 Å². The van der Waals surface area contributed by atoms with Gasteiger partial charge in [-0.3, -0.25) is 14.9 Å². The highest BCUT2D eigenvalue weighted by Gasteiger charge is 2.10. The fraction of sp³-hybridized carbons (Fsp3) is 0.192. The summed E-state index contributed by atoms with van der Waals surface area (Å²) in [6, 6.07) is 21.4. The standard InChI is InChI=1S/C26H27N3O3S/c1-17(2)16-32-22-14-8-19(9-15-22)24(30)29-26(33)28-21-12-10-20(11-13-21)27-25(31)23-7-5-4-6-18(23)3/h4-15,17H,16H2,1-3H3,(H,27,31)(H2,28,29,30,33). The minimum Gasteiger partial charge on any atom is -0.493 e.